The predicted molar refractivity (Wildman–Crippen MR) is 93.9 cm³/mol. The highest BCUT2D eigenvalue weighted by molar-refractivity contribution is 7.90. The first-order valence-electron chi connectivity index (χ1n) is 8.58. The molecule has 0 bridgehead atoms. The summed E-state index contributed by atoms with van der Waals surface area (Å²) in [6.07, 6.45) is 6.96. The minimum absolute atomic E-state index is 0.0660. The second-order valence-corrected chi connectivity index (χ2v) is 9.27. The molecule has 2 aromatic rings. The topological polar surface area (TPSA) is 77.7 Å². The maximum absolute atomic E-state index is 12.7. The molecule has 2 aromatic heterocycles. The molecule has 0 aliphatic heterocycles. The minimum atomic E-state index is -3.53. The van der Waals surface area contributed by atoms with Gasteiger partial charge in [-0.05, 0) is 26.2 Å². The van der Waals surface area contributed by atoms with Gasteiger partial charge in [0.2, 0.25) is 15.0 Å². The summed E-state index contributed by atoms with van der Waals surface area (Å²) in [6, 6.07) is 0. The second kappa shape index (κ2) is 7.31. The predicted octanol–water partition coefficient (Wildman–Crippen LogP) is 3.47. The van der Waals surface area contributed by atoms with Crippen molar-refractivity contribution < 1.29 is 8.42 Å². The van der Waals surface area contributed by atoms with Crippen molar-refractivity contribution >= 4 is 21.2 Å². The van der Waals surface area contributed by atoms with Gasteiger partial charge >= 0.3 is 0 Å². The minimum Gasteiger partial charge on any atom is -0.302 e. The summed E-state index contributed by atoms with van der Waals surface area (Å²) in [5.74, 6) is 1.04. The van der Waals surface area contributed by atoms with Crippen molar-refractivity contribution in [2.24, 2.45) is 0 Å². The molecule has 0 N–H and O–H groups in total. The third kappa shape index (κ3) is 3.69. The molecule has 0 radical (unpaired) electrons. The standard InChI is InChI=1S/C16H24N4O2S2/c1-3-9-20-12(2)18-19-16(20)24(21,22)11-15-17-14(10-23-15)13-7-5-4-6-8-13/h10,13H,3-9,11H2,1-2H3. The Balaban J connectivity index is 1.79. The summed E-state index contributed by atoms with van der Waals surface area (Å²) >= 11 is 1.44. The Hall–Kier alpha value is -1.28. The van der Waals surface area contributed by atoms with Crippen LogP contribution >= 0.6 is 11.3 Å². The zero-order chi connectivity index (χ0) is 17.2. The molecule has 1 saturated carbocycles. The molecule has 2 heterocycles. The number of sulfone groups is 1. The van der Waals surface area contributed by atoms with E-state index in [9.17, 15) is 8.42 Å². The third-order valence-electron chi connectivity index (χ3n) is 4.53. The Morgan fingerprint density at radius 3 is 2.71 bits per heavy atom. The lowest BCUT2D eigenvalue weighted by Crippen LogP contribution is -2.14. The first kappa shape index (κ1) is 17.5. The van der Waals surface area contributed by atoms with Crippen molar-refractivity contribution in [3.05, 3.63) is 21.9 Å². The van der Waals surface area contributed by atoms with Gasteiger partial charge in [-0.15, -0.1) is 21.5 Å². The SMILES string of the molecule is CCCn1c(C)nnc1S(=O)(=O)Cc1nc(C2CCCCC2)cs1. The Labute approximate surface area is 147 Å². The molecular formula is C16H24N4O2S2. The molecule has 6 nitrogen and oxygen atoms in total. The third-order valence-corrected chi connectivity index (χ3v) is 7.10. The molecule has 24 heavy (non-hydrogen) atoms. The van der Waals surface area contributed by atoms with Crippen LogP contribution in [0.2, 0.25) is 0 Å². The van der Waals surface area contributed by atoms with E-state index in [1.807, 2.05) is 12.3 Å². The fourth-order valence-corrected chi connectivity index (χ4v) is 5.92. The first-order valence-corrected chi connectivity index (χ1v) is 11.1. The number of aromatic nitrogens is 4. The van der Waals surface area contributed by atoms with Crippen molar-refractivity contribution in [2.45, 2.75) is 75.7 Å². The number of rotatable bonds is 6. The molecular weight excluding hydrogens is 344 g/mol. The van der Waals surface area contributed by atoms with E-state index in [1.54, 1.807) is 11.5 Å². The van der Waals surface area contributed by atoms with Crippen molar-refractivity contribution in [3.63, 3.8) is 0 Å². The lowest BCUT2D eigenvalue weighted by molar-refractivity contribution is 0.437. The first-order chi connectivity index (χ1) is 11.5. The van der Waals surface area contributed by atoms with E-state index in [0.717, 1.165) is 12.1 Å². The van der Waals surface area contributed by atoms with Gasteiger partial charge in [0.1, 0.15) is 16.6 Å². The lowest BCUT2D eigenvalue weighted by Gasteiger charge is -2.19. The van der Waals surface area contributed by atoms with Crippen molar-refractivity contribution in [3.8, 4) is 0 Å². The fourth-order valence-electron chi connectivity index (χ4n) is 3.28. The maximum atomic E-state index is 12.7. The van der Waals surface area contributed by atoms with Crippen LogP contribution in [0.15, 0.2) is 10.5 Å². The van der Waals surface area contributed by atoms with Crippen molar-refractivity contribution in [2.75, 3.05) is 0 Å². The number of aryl methyl sites for hydroxylation is 1. The van der Waals surface area contributed by atoms with Gasteiger partial charge in [-0.3, -0.25) is 0 Å². The summed E-state index contributed by atoms with van der Waals surface area (Å²) in [6.45, 7) is 4.40. The Morgan fingerprint density at radius 1 is 1.25 bits per heavy atom. The lowest BCUT2D eigenvalue weighted by atomic mass is 9.87. The van der Waals surface area contributed by atoms with Gasteiger partial charge in [0.25, 0.3) is 0 Å². The van der Waals surface area contributed by atoms with E-state index in [0.29, 0.717) is 23.3 Å². The maximum Gasteiger partial charge on any atom is 0.250 e. The fraction of sp³-hybridized carbons (Fsp3) is 0.688. The van der Waals surface area contributed by atoms with Gasteiger partial charge in [0.15, 0.2) is 0 Å². The molecule has 3 rings (SSSR count). The highest BCUT2D eigenvalue weighted by Crippen LogP contribution is 2.33. The van der Waals surface area contributed by atoms with E-state index in [2.05, 4.69) is 15.2 Å². The molecule has 0 aromatic carbocycles. The van der Waals surface area contributed by atoms with E-state index in [-0.39, 0.29) is 10.9 Å². The normalized spacial score (nSPS) is 16.6. The number of hydrogen-bond acceptors (Lipinski definition) is 6. The van der Waals surface area contributed by atoms with E-state index in [1.165, 1.54) is 43.4 Å². The van der Waals surface area contributed by atoms with Gasteiger partial charge < -0.3 is 4.57 Å². The number of nitrogens with zero attached hydrogens (tertiary/aromatic N) is 4. The van der Waals surface area contributed by atoms with Gasteiger partial charge in [0.05, 0.1) is 5.69 Å². The monoisotopic (exact) mass is 368 g/mol. The molecule has 8 heteroatoms. The van der Waals surface area contributed by atoms with Gasteiger partial charge in [-0.1, -0.05) is 26.2 Å². The summed E-state index contributed by atoms with van der Waals surface area (Å²) in [7, 11) is -3.53. The highest BCUT2D eigenvalue weighted by Gasteiger charge is 2.26. The van der Waals surface area contributed by atoms with E-state index >= 15 is 0 Å². The van der Waals surface area contributed by atoms with Gasteiger partial charge in [-0.25, -0.2) is 13.4 Å². The molecule has 1 aliphatic carbocycles. The summed E-state index contributed by atoms with van der Waals surface area (Å²) in [4.78, 5) is 4.61. The Morgan fingerprint density at radius 2 is 2.00 bits per heavy atom. The molecule has 1 aliphatic rings. The zero-order valence-corrected chi connectivity index (χ0v) is 15.9. The largest absolute Gasteiger partial charge is 0.302 e. The molecule has 0 spiro atoms. The average Bonchev–Trinajstić information content (AvgIpc) is 3.16. The Kier molecular flexibility index (Phi) is 5.34. The van der Waals surface area contributed by atoms with Crippen LogP contribution in [-0.4, -0.2) is 28.2 Å². The van der Waals surface area contributed by atoms with Crippen molar-refractivity contribution in [1.82, 2.24) is 19.7 Å². The molecule has 132 valence electrons. The van der Waals surface area contributed by atoms with E-state index in [4.69, 9.17) is 0 Å². The van der Waals surface area contributed by atoms with Crippen LogP contribution < -0.4 is 0 Å². The molecule has 0 saturated heterocycles. The summed E-state index contributed by atoms with van der Waals surface area (Å²) in [5.41, 5.74) is 1.07. The molecule has 0 unspecified atom stereocenters. The van der Waals surface area contributed by atoms with Crippen LogP contribution in [0.5, 0.6) is 0 Å². The zero-order valence-electron chi connectivity index (χ0n) is 14.2. The quantitative estimate of drug-likeness (QED) is 0.780. The summed E-state index contributed by atoms with van der Waals surface area (Å²) < 4.78 is 27.2. The number of thiazole rings is 1. The second-order valence-electron chi connectivity index (χ2n) is 6.44. The van der Waals surface area contributed by atoms with E-state index < -0.39 is 9.84 Å². The van der Waals surface area contributed by atoms with Crippen molar-refractivity contribution in [1.29, 1.82) is 0 Å². The van der Waals surface area contributed by atoms with Crippen LogP contribution in [0.4, 0.5) is 0 Å². The van der Waals surface area contributed by atoms with Crippen LogP contribution in [-0.2, 0) is 22.1 Å². The molecule has 0 atom stereocenters. The highest BCUT2D eigenvalue weighted by atomic mass is 32.2. The van der Waals surface area contributed by atoms with Gasteiger partial charge in [-0.2, -0.15) is 0 Å². The number of hydrogen-bond donors (Lipinski definition) is 0. The van der Waals surface area contributed by atoms with Crippen LogP contribution in [0, 0.1) is 6.92 Å². The summed E-state index contributed by atoms with van der Waals surface area (Å²) in [5, 5.41) is 10.6. The van der Waals surface area contributed by atoms with Crippen LogP contribution in [0.1, 0.15) is 67.9 Å². The molecule has 0 amide bonds. The van der Waals surface area contributed by atoms with Crippen LogP contribution in [0.3, 0.4) is 0 Å². The Bertz CT molecular complexity index is 789. The average molecular weight is 369 g/mol. The smallest absolute Gasteiger partial charge is 0.250 e. The van der Waals surface area contributed by atoms with Gasteiger partial charge in [0, 0.05) is 17.8 Å². The van der Waals surface area contributed by atoms with Crippen LogP contribution in [0.25, 0.3) is 0 Å². The molecule has 1 fully saturated rings.